The third-order valence-electron chi connectivity index (χ3n) is 2.31. The van der Waals surface area contributed by atoms with E-state index in [1.807, 2.05) is 6.07 Å². The van der Waals surface area contributed by atoms with Gasteiger partial charge in [-0.1, -0.05) is 31.5 Å². The Kier molecular flexibility index (Phi) is 4.52. The molecule has 0 amide bonds. The maximum absolute atomic E-state index is 5.68. The Labute approximate surface area is 110 Å². The number of thioether (sulfide) groups is 1. The lowest BCUT2D eigenvalue weighted by molar-refractivity contribution is 0.758. The Morgan fingerprint density at radius 2 is 2.17 bits per heavy atom. The molecule has 0 atom stereocenters. The van der Waals surface area contributed by atoms with Crippen LogP contribution in [0.1, 0.15) is 26.2 Å². The lowest BCUT2D eigenvalue weighted by atomic mass is 10.3. The topological polar surface area (TPSA) is 82.5 Å². The van der Waals surface area contributed by atoms with Crippen LogP contribution in [0.15, 0.2) is 23.6 Å². The van der Waals surface area contributed by atoms with Gasteiger partial charge in [0, 0.05) is 18.1 Å². The summed E-state index contributed by atoms with van der Waals surface area (Å²) in [5.41, 5.74) is 5.68. The van der Waals surface area contributed by atoms with Gasteiger partial charge in [0.15, 0.2) is 5.16 Å². The van der Waals surface area contributed by atoms with Crippen LogP contribution in [0.5, 0.6) is 0 Å². The van der Waals surface area contributed by atoms with Gasteiger partial charge in [-0.25, -0.2) is 4.68 Å². The van der Waals surface area contributed by atoms with E-state index in [0.717, 1.165) is 12.2 Å². The normalized spacial score (nSPS) is 10.7. The molecular formula is C11H16N6S. The number of rotatable bonds is 6. The van der Waals surface area contributed by atoms with Gasteiger partial charge in [0.25, 0.3) is 5.95 Å². The summed E-state index contributed by atoms with van der Waals surface area (Å²) in [4.78, 5) is 12.5. The minimum Gasteiger partial charge on any atom is -0.368 e. The molecule has 0 aliphatic heterocycles. The largest absolute Gasteiger partial charge is 0.368 e. The highest BCUT2D eigenvalue weighted by Gasteiger charge is 2.06. The molecule has 0 aliphatic carbocycles. The standard InChI is InChI=1S/C11H16N6S/c1-2-3-4-8-18-11-15-9(12)14-10(16-11)17-7-5-6-13-17/h5-7H,2-4,8H2,1H3,(H2,12,14,15,16). The number of nitrogens with two attached hydrogens (primary N) is 1. The SMILES string of the molecule is CCCCCSc1nc(N)nc(-n2cccn2)n1. The van der Waals surface area contributed by atoms with E-state index in [4.69, 9.17) is 5.73 Å². The summed E-state index contributed by atoms with van der Waals surface area (Å²) in [6.45, 7) is 2.18. The summed E-state index contributed by atoms with van der Waals surface area (Å²) in [5.74, 6) is 1.69. The minimum atomic E-state index is 0.230. The summed E-state index contributed by atoms with van der Waals surface area (Å²) in [5, 5.41) is 4.73. The van der Waals surface area contributed by atoms with E-state index in [-0.39, 0.29) is 5.95 Å². The van der Waals surface area contributed by atoms with Gasteiger partial charge in [-0.15, -0.1) is 0 Å². The lowest BCUT2D eigenvalue weighted by Crippen LogP contribution is -2.07. The Balaban J connectivity index is 2.07. The van der Waals surface area contributed by atoms with Crippen molar-refractivity contribution in [2.24, 2.45) is 0 Å². The average Bonchev–Trinajstić information content (AvgIpc) is 2.88. The van der Waals surface area contributed by atoms with Gasteiger partial charge < -0.3 is 5.73 Å². The quantitative estimate of drug-likeness (QED) is 0.634. The van der Waals surface area contributed by atoms with Gasteiger partial charge in [0.2, 0.25) is 5.95 Å². The van der Waals surface area contributed by atoms with Crippen LogP contribution in [0.2, 0.25) is 0 Å². The van der Waals surface area contributed by atoms with Crippen molar-refractivity contribution >= 4 is 17.7 Å². The van der Waals surface area contributed by atoms with E-state index < -0.39 is 0 Å². The van der Waals surface area contributed by atoms with Crippen molar-refractivity contribution in [2.75, 3.05) is 11.5 Å². The van der Waals surface area contributed by atoms with Gasteiger partial charge in [0.05, 0.1) is 0 Å². The first-order valence-corrected chi connectivity index (χ1v) is 6.92. The van der Waals surface area contributed by atoms with Crippen LogP contribution in [0.3, 0.4) is 0 Å². The third-order valence-corrected chi connectivity index (χ3v) is 3.24. The highest BCUT2D eigenvalue weighted by molar-refractivity contribution is 7.99. The van der Waals surface area contributed by atoms with Crippen LogP contribution in [0.25, 0.3) is 5.95 Å². The van der Waals surface area contributed by atoms with E-state index in [1.54, 1.807) is 28.8 Å². The summed E-state index contributed by atoms with van der Waals surface area (Å²) in [7, 11) is 0. The van der Waals surface area contributed by atoms with Crippen molar-refractivity contribution in [1.82, 2.24) is 24.7 Å². The molecule has 96 valence electrons. The van der Waals surface area contributed by atoms with Crippen molar-refractivity contribution in [1.29, 1.82) is 0 Å². The average molecular weight is 264 g/mol. The maximum Gasteiger partial charge on any atom is 0.256 e. The summed E-state index contributed by atoms with van der Waals surface area (Å²) < 4.78 is 1.58. The molecule has 0 saturated carbocycles. The maximum atomic E-state index is 5.68. The Morgan fingerprint density at radius 3 is 2.89 bits per heavy atom. The molecule has 0 aromatic carbocycles. The molecule has 6 nitrogen and oxygen atoms in total. The number of unbranched alkanes of at least 4 members (excludes halogenated alkanes) is 2. The molecule has 2 aromatic heterocycles. The number of anilines is 1. The number of hydrogen-bond donors (Lipinski definition) is 1. The molecule has 0 bridgehead atoms. The molecule has 2 aromatic rings. The molecular weight excluding hydrogens is 248 g/mol. The minimum absolute atomic E-state index is 0.230. The fraction of sp³-hybridized carbons (Fsp3) is 0.455. The number of nitrogen functional groups attached to an aromatic ring is 1. The zero-order valence-electron chi connectivity index (χ0n) is 10.3. The molecule has 2 rings (SSSR count). The van der Waals surface area contributed by atoms with Gasteiger partial charge in [-0.2, -0.15) is 20.1 Å². The van der Waals surface area contributed by atoms with Gasteiger partial charge in [-0.3, -0.25) is 0 Å². The van der Waals surface area contributed by atoms with Crippen LogP contribution < -0.4 is 5.73 Å². The van der Waals surface area contributed by atoms with Crippen LogP contribution in [-0.2, 0) is 0 Å². The van der Waals surface area contributed by atoms with Crippen molar-refractivity contribution in [2.45, 2.75) is 31.3 Å². The summed E-state index contributed by atoms with van der Waals surface area (Å²) in [6.07, 6.45) is 7.04. The molecule has 0 saturated heterocycles. The molecule has 0 radical (unpaired) electrons. The van der Waals surface area contributed by atoms with E-state index in [0.29, 0.717) is 11.1 Å². The highest BCUT2D eigenvalue weighted by Crippen LogP contribution is 2.16. The van der Waals surface area contributed by atoms with E-state index in [2.05, 4.69) is 27.0 Å². The second-order valence-corrected chi connectivity index (χ2v) is 4.84. The molecule has 0 unspecified atom stereocenters. The fourth-order valence-corrected chi connectivity index (χ4v) is 2.27. The van der Waals surface area contributed by atoms with E-state index >= 15 is 0 Å². The first-order chi connectivity index (χ1) is 8.79. The number of aromatic nitrogens is 5. The van der Waals surface area contributed by atoms with Crippen molar-refractivity contribution in [3.8, 4) is 5.95 Å². The fourth-order valence-electron chi connectivity index (χ4n) is 1.43. The molecule has 18 heavy (non-hydrogen) atoms. The predicted octanol–water partition coefficient (Wildman–Crippen LogP) is 1.92. The summed E-state index contributed by atoms with van der Waals surface area (Å²) in [6, 6.07) is 1.81. The Bertz CT molecular complexity index is 484. The van der Waals surface area contributed by atoms with Gasteiger partial charge in [-0.05, 0) is 12.5 Å². The monoisotopic (exact) mass is 264 g/mol. The van der Waals surface area contributed by atoms with Gasteiger partial charge in [0.1, 0.15) is 0 Å². The predicted molar refractivity (Wildman–Crippen MR) is 71.6 cm³/mol. The first kappa shape index (κ1) is 12.8. The first-order valence-electron chi connectivity index (χ1n) is 5.94. The molecule has 0 fully saturated rings. The molecule has 7 heteroatoms. The third kappa shape index (κ3) is 3.43. The van der Waals surface area contributed by atoms with Crippen LogP contribution in [0, 0.1) is 0 Å². The van der Waals surface area contributed by atoms with Crippen molar-refractivity contribution < 1.29 is 0 Å². The van der Waals surface area contributed by atoms with Crippen LogP contribution >= 0.6 is 11.8 Å². The smallest absolute Gasteiger partial charge is 0.256 e. The van der Waals surface area contributed by atoms with Crippen molar-refractivity contribution in [3.63, 3.8) is 0 Å². The van der Waals surface area contributed by atoms with E-state index in [9.17, 15) is 0 Å². The molecule has 2 N–H and O–H groups in total. The zero-order valence-corrected chi connectivity index (χ0v) is 11.1. The zero-order chi connectivity index (χ0) is 12.8. The summed E-state index contributed by atoms with van der Waals surface area (Å²) >= 11 is 1.60. The van der Waals surface area contributed by atoms with Crippen LogP contribution in [0.4, 0.5) is 5.95 Å². The van der Waals surface area contributed by atoms with Crippen LogP contribution in [-0.4, -0.2) is 30.5 Å². The molecule has 2 heterocycles. The Morgan fingerprint density at radius 1 is 1.28 bits per heavy atom. The highest BCUT2D eigenvalue weighted by atomic mass is 32.2. The van der Waals surface area contributed by atoms with E-state index in [1.165, 1.54) is 12.8 Å². The lowest BCUT2D eigenvalue weighted by Gasteiger charge is -2.04. The number of nitrogens with zero attached hydrogens (tertiary/aromatic N) is 5. The molecule has 0 spiro atoms. The van der Waals surface area contributed by atoms with Crippen molar-refractivity contribution in [3.05, 3.63) is 18.5 Å². The number of hydrogen-bond acceptors (Lipinski definition) is 6. The second-order valence-electron chi connectivity index (χ2n) is 3.78. The van der Waals surface area contributed by atoms with Gasteiger partial charge >= 0.3 is 0 Å². The molecule has 0 aliphatic rings. The Hall–Kier alpha value is -1.63. The second kappa shape index (κ2) is 6.34.